The van der Waals surface area contributed by atoms with Crippen LogP contribution < -0.4 is 10.5 Å². The standard InChI is InChI=1S/C26H24FN3O3/c1-17(27)26(32)30-13-11-18(12-14-30)19-7-9-22(25(28)31)23(15-19)24-10-8-21(16-29-24)33-20-5-3-2-4-6-20/h2-10,15-16,18H,1,11-14H2,(H2,28,31). The fraction of sp³-hybridized carbons (Fsp3) is 0.192. The third-order valence-electron chi connectivity index (χ3n) is 5.79. The predicted octanol–water partition coefficient (Wildman–Crippen LogP) is 4.83. The molecule has 2 heterocycles. The lowest BCUT2D eigenvalue weighted by molar-refractivity contribution is -0.129. The minimum Gasteiger partial charge on any atom is -0.456 e. The molecule has 33 heavy (non-hydrogen) atoms. The van der Waals surface area contributed by atoms with Crippen molar-refractivity contribution in [1.82, 2.24) is 9.88 Å². The van der Waals surface area contributed by atoms with Crippen molar-refractivity contribution < 1.29 is 18.7 Å². The zero-order chi connectivity index (χ0) is 23.4. The number of carbonyl (C=O) groups is 2. The molecule has 1 fully saturated rings. The van der Waals surface area contributed by atoms with E-state index < -0.39 is 17.6 Å². The van der Waals surface area contributed by atoms with Crippen LogP contribution in [0.25, 0.3) is 11.3 Å². The van der Waals surface area contributed by atoms with Crippen molar-refractivity contribution in [3.8, 4) is 22.8 Å². The van der Waals surface area contributed by atoms with Gasteiger partial charge in [0.15, 0.2) is 5.83 Å². The molecular weight excluding hydrogens is 421 g/mol. The number of halogens is 1. The maximum Gasteiger partial charge on any atom is 0.281 e. The van der Waals surface area contributed by atoms with Crippen molar-refractivity contribution in [2.24, 2.45) is 5.73 Å². The van der Waals surface area contributed by atoms with Crippen LogP contribution in [-0.2, 0) is 4.79 Å². The molecule has 1 aliphatic rings. The Morgan fingerprint density at radius 3 is 2.36 bits per heavy atom. The van der Waals surface area contributed by atoms with E-state index in [1.54, 1.807) is 24.4 Å². The molecule has 7 heteroatoms. The van der Waals surface area contributed by atoms with Gasteiger partial charge in [-0.25, -0.2) is 4.39 Å². The van der Waals surface area contributed by atoms with E-state index in [4.69, 9.17) is 10.5 Å². The molecule has 2 amide bonds. The summed E-state index contributed by atoms with van der Waals surface area (Å²) < 4.78 is 19.0. The molecule has 0 bridgehead atoms. The van der Waals surface area contributed by atoms with Crippen LogP contribution in [0.2, 0.25) is 0 Å². The van der Waals surface area contributed by atoms with E-state index in [1.807, 2.05) is 42.5 Å². The van der Waals surface area contributed by atoms with Gasteiger partial charge in [-0.05, 0) is 60.7 Å². The molecular formula is C26H24FN3O3. The van der Waals surface area contributed by atoms with Crippen LogP contribution in [0.5, 0.6) is 11.5 Å². The normalized spacial score (nSPS) is 14.0. The number of piperidine rings is 1. The van der Waals surface area contributed by atoms with E-state index in [1.165, 1.54) is 4.90 Å². The lowest BCUT2D eigenvalue weighted by Gasteiger charge is -2.32. The van der Waals surface area contributed by atoms with Crippen molar-refractivity contribution in [1.29, 1.82) is 0 Å². The third kappa shape index (κ3) is 5.09. The number of pyridine rings is 1. The highest BCUT2D eigenvalue weighted by molar-refractivity contribution is 5.99. The first-order valence-corrected chi connectivity index (χ1v) is 10.7. The molecule has 0 atom stereocenters. The number of nitrogens with zero attached hydrogens (tertiary/aromatic N) is 2. The third-order valence-corrected chi connectivity index (χ3v) is 5.79. The van der Waals surface area contributed by atoms with Crippen molar-refractivity contribution >= 4 is 11.8 Å². The summed E-state index contributed by atoms with van der Waals surface area (Å²) in [5.74, 6) is -0.679. The zero-order valence-electron chi connectivity index (χ0n) is 18.0. The van der Waals surface area contributed by atoms with Crippen LogP contribution in [0.3, 0.4) is 0 Å². The highest BCUT2D eigenvalue weighted by Gasteiger charge is 2.26. The second kappa shape index (κ2) is 9.65. The number of rotatable bonds is 6. The number of carbonyl (C=O) groups excluding carboxylic acids is 2. The van der Waals surface area contributed by atoms with E-state index in [0.29, 0.717) is 54.3 Å². The van der Waals surface area contributed by atoms with E-state index >= 15 is 0 Å². The van der Waals surface area contributed by atoms with Gasteiger partial charge in [0.2, 0.25) is 5.91 Å². The maximum absolute atomic E-state index is 13.2. The van der Waals surface area contributed by atoms with Crippen molar-refractivity contribution in [3.05, 3.63) is 90.4 Å². The Hall–Kier alpha value is -4.00. The first-order valence-electron chi connectivity index (χ1n) is 10.7. The fourth-order valence-electron chi connectivity index (χ4n) is 4.05. The Morgan fingerprint density at radius 2 is 1.76 bits per heavy atom. The molecule has 168 valence electrons. The van der Waals surface area contributed by atoms with Crippen LogP contribution in [0, 0.1) is 0 Å². The zero-order valence-corrected chi connectivity index (χ0v) is 18.0. The van der Waals surface area contributed by atoms with Gasteiger partial charge < -0.3 is 15.4 Å². The number of hydrogen-bond acceptors (Lipinski definition) is 4. The first kappa shape index (κ1) is 22.2. The summed E-state index contributed by atoms with van der Waals surface area (Å²) in [5, 5.41) is 0. The van der Waals surface area contributed by atoms with E-state index in [9.17, 15) is 14.0 Å². The number of amides is 2. The quantitative estimate of drug-likeness (QED) is 0.551. The topological polar surface area (TPSA) is 85.5 Å². The summed E-state index contributed by atoms with van der Waals surface area (Å²) >= 11 is 0. The SMILES string of the molecule is C=C(F)C(=O)N1CCC(c2ccc(C(N)=O)c(-c3ccc(Oc4ccccc4)cn3)c2)CC1. The van der Waals surface area contributed by atoms with Gasteiger partial charge in [-0.2, -0.15) is 0 Å². The Labute approximate surface area is 191 Å². The predicted molar refractivity (Wildman–Crippen MR) is 124 cm³/mol. The number of ether oxygens (including phenoxy) is 1. The number of para-hydroxylation sites is 1. The number of hydrogen-bond donors (Lipinski definition) is 1. The van der Waals surface area contributed by atoms with E-state index in [0.717, 1.165) is 5.56 Å². The number of nitrogens with two attached hydrogens (primary N) is 1. The fourth-order valence-corrected chi connectivity index (χ4v) is 4.05. The van der Waals surface area contributed by atoms with Gasteiger partial charge in [0.05, 0.1) is 11.9 Å². The molecule has 2 aromatic carbocycles. The van der Waals surface area contributed by atoms with Gasteiger partial charge in [-0.15, -0.1) is 0 Å². The molecule has 1 aromatic heterocycles. The molecule has 0 spiro atoms. The van der Waals surface area contributed by atoms with Gasteiger partial charge >= 0.3 is 0 Å². The summed E-state index contributed by atoms with van der Waals surface area (Å²) in [4.78, 5) is 29.8. The summed E-state index contributed by atoms with van der Waals surface area (Å²) in [7, 11) is 0. The summed E-state index contributed by atoms with van der Waals surface area (Å²) in [6.45, 7) is 3.99. The monoisotopic (exact) mass is 445 g/mol. The second-order valence-electron chi connectivity index (χ2n) is 7.93. The van der Waals surface area contributed by atoms with E-state index in [-0.39, 0.29) is 5.92 Å². The number of likely N-dealkylation sites (tertiary alicyclic amines) is 1. The number of benzene rings is 2. The minimum absolute atomic E-state index is 0.170. The molecule has 1 saturated heterocycles. The average molecular weight is 445 g/mol. The molecule has 0 saturated carbocycles. The Balaban J connectivity index is 1.55. The smallest absolute Gasteiger partial charge is 0.281 e. The molecule has 0 aliphatic carbocycles. The summed E-state index contributed by atoms with van der Waals surface area (Å²) in [5.41, 5.74) is 8.26. The molecule has 6 nitrogen and oxygen atoms in total. The number of primary amides is 1. The Morgan fingerprint density at radius 1 is 1.03 bits per heavy atom. The van der Waals surface area contributed by atoms with Crippen molar-refractivity contribution in [2.45, 2.75) is 18.8 Å². The maximum atomic E-state index is 13.2. The summed E-state index contributed by atoms with van der Waals surface area (Å²) in [6, 6.07) is 18.5. The van der Waals surface area contributed by atoms with Crippen molar-refractivity contribution in [2.75, 3.05) is 13.1 Å². The summed E-state index contributed by atoms with van der Waals surface area (Å²) in [6.07, 6.45) is 2.98. The Bertz CT molecular complexity index is 1170. The molecule has 2 N–H and O–H groups in total. The van der Waals surface area contributed by atoms with Gasteiger partial charge in [-0.1, -0.05) is 30.8 Å². The molecule has 4 rings (SSSR count). The van der Waals surface area contributed by atoms with Crippen LogP contribution in [0.4, 0.5) is 4.39 Å². The van der Waals surface area contributed by atoms with Crippen molar-refractivity contribution in [3.63, 3.8) is 0 Å². The van der Waals surface area contributed by atoms with Gasteiger partial charge in [0.1, 0.15) is 11.5 Å². The largest absolute Gasteiger partial charge is 0.456 e. The van der Waals surface area contributed by atoms with Gasteiger partial charge in [-0.3, -0.25) is 14.6 Å². The highest BCUT2D eigenvalue weighted by Crippen LogP contribution is 2.33. The highest BCUT2D eigenvalue weighted by atomic mass is 19.1. The Kier molecular flexibility index (Phi) is 6.49. The van der Waals surface area contributed by atoms with E-state index in [2.05, 4.69) is 11.6 Å². The first-order chi connectivity index (χ1) is 15.9. The van der Waals surface area contributed by atoms with Gasteiger partial charge in [0.25, 0.3) is 5.91 Å². The molecule has 1 aliphatic heterocycles. The second-order valence-corrected chi connectivity index (χ2v) is 7.93. The average Bonchev–Trinajstić information content (AvgIpc) is 2.84. The molecule has 0 unspecified atom stereocenters. The minimum atomic E-state index is -0.938. The lowest BCUT2D eigenvalue weighted by Crippen LogP contribution is -2.38. The molecule has 0 radical (unpaired) electrons. The van der Waals surface area contributed by atoms with Crippen LogP contribution in [0.15, 0.2) is 79.3 Å². The number of aromatic nitrogens is 1. The van der Waals surface area contributed by atoms with Crippen LogP contribution in [-0.4, -0.2) is 34.8 Å². The van der Waals surface area contributed by atoms with Gasteiger partial charge in [0, 0.05) is 24.2 Å². The van der Waals surface area contributed by atoms with Crippen LogP contribution in [0.1, 0.15) is 34.7 Å². The lowest BCUT2D eigenvalue weighted by atomic mass is 9.87. The molecule has 3 aromatic rings. The van der Waals surface area contributed by atoms with Crippen LogP contribution >= 0.6 is 0 Å².